The first-order valence-electron chi connectivity index (χ1n) is 7.35. The number of rotatable bonds is 5. The van der Waals surface area contributed by atoms with E-state index >= 15 is 0 Å². The van der Waals surface area contributed by atoms with E-state index < -0.39 is 5.97 Å². The number of hydrogen-bond donors (Lipinski definition) is 0. The fraction of sp³-hybridized carbons (Fsp3) is 0.500. The van der Waals surface area contributed by atoms with Gasteiger partial charge in [-0.2, -0.15) is 0 Å². The summed E-state index contributed by atoms with van der Waals surface area (Å²) in [7, 11) is 0. The highest BCUT2D eigenvalue weighted by atomic mass is 16.4. The van der Waals surface area contributed by atoms with Gasteiger partial charge in [-0.3, -0.25) is 4.79 Å². The molecule has 21 heavy (non-hydrogen) atoms. The van der Waals surface area contributed by atoms with Crippen LogP contribution in [0.5, 0.6) is 0 Å². The fourth-order valence-corrected chi connectivity index (χ4v) is 2.51. The maximum Gasteiger partial charge on any atom is 0.222 e. The van der Waals surface area contributed by atoms with E-state index in [1.807, 2.05) is 4.90 Å². The average molecular weight is 289 g/mol. The van der Waals surface area contributed by atoms with Gasteiger partial charge in [-0.25, -0.2) is 0 Å². The second-order valence-electron chi connectivity index (χ2n) is 5.43. The van der Waals surface area contributed by atoms with Crippen LogP contribution in [0.3, 0.4) is 0 Å². The molecule has 0 atom stereocenters. The zero-order chi connectivity index (χ0) is 15.2. The summed E-state index contributed by atoms with van der Waals surface area (Å²) in [6, 6.07) is 8.39. The quantitative estimate of drug-likeness (QED) is 0.795. The number of carboxylic acids is 1. The Morgan fingerprint density at radius 2 is 1.67 bits per heavy atom. The first-order chi connectivity index (χ1) is 10.1. The van der Waals surface area contributed by atoms with Crippen LogP contribution in [0, 0.1) is 6.92 Å². The van der Waals surface area contributed by atoms with Crippen LogP contribution < -0.4 is 10.0 Å². The Kier molecular flexibility index (Phi) is 5.20. The van der Waals surface area contributed by atoms with E-state index in [0.717, 1.165) is 13.1 Å². The van der Waals surface area contributed by atoms with Crippen LogP contribution in [0.15, 0.2) is 24.3 Å². The summed E-state index contributed by atoms with van der Waals surface area (Å²) in [6.07, 6.45) is 0.604. The largest absolute Gasteiger partial charge is 0.550 e. The molecule has 1 saturated heterocycles. The predicted octanol–water partition coefficient (Wildman–Crippen LogP) is 0.564. The summed E-state index contributed by atoms with van der Waals surface area (Å²) >= 11 is 0. The minimum atomic E-state index is -1.09. The lowest BCUT2D eigenvalue weighted by atomic mass is 10.2. The number of carbonyl (C=O) groups excluding carboxylic acids is 2. The molecule has 0 N–H and O–H groups in total. The number of aliphatic carboxylic acids is 1. The molecule has 2 rings (SSSR count). The standard InChI is InChI=1S/C16H22N2O3/c1-13-5-7-14(8-6-13)17-9-11-18(12-10-17)15(19)3-2-4-16(20)21/h5-8H,2-4,9-12H2,1H3,(H,20,21)/p-1. The van der Waals surface area contributed by atoms with Crippen molar-refractivity contribution in [2.75, 3.05) is 31.1 Å². The molecule has 0 aromatic heterocycles. The lowest BCUT2D eigenvalue weighted by molar-refractivity contribution is -0.305. The average Bonchev–Trinajstić information content (AvgIpc) is 2.48. The Balaban J connectivity index is 1.78. The Morgan fingerprint density at radius 3 is 2.24 bits per heavy atom. The van der Waals surface area contributed by atoms with Gasteiger partial charge in [0.25, 0.3) is 0 Å². The summed E-state index contributed by atoms with van der Waals surface area (Å²) in [6.45, 7) is 5.08. The third-order valence-electron chi connectivity index (χ3n) is 3.80. The fourth-order valence-electron chi connectivity index (χ4n) is 2.51. The lowest BCUT2D eigenvalue weighted by Crippen LogP contribution is -2.48. The molecule has 0 spiro atoms. The molecule has 1 aromatic rings. The molecule has 0 aliphatic carbocycles. The summed E-state index contributed by atoms with van der Waals surface area (Å²) in [4.78, 5) is 26.4. The van der Waals surface area contributed by atoms with E-state index in [2.05, 4.69) is 36.1 Å². The van der Waals surface area contributed by atoms with Crippen molar-refractivity contribution < 1.29 is 14.7 Å². The van der Waals surface area contributed by atoms with Crippen LogP contribution in [-0.4, -0.2) is 43.0 Å². The van der Waals surface area contributed by atoms with Gasteiger partial charge in [0.05, 0.1) is 0 Å². The highest BCUT2D eigenvalue weighted by Gasteiger charge is 2.20. The first-order valence-corrected chi connectivity index (χ1v) is 7.35. The minimum absolute atomic E-state index is 0.0415. The number of amides is 1. The summed E-state index contributed by atoms with van der Waals surface area (Å²) in [5.74, 6) is -1.05. The summed E-state index contributed by atoms with van der Waals surface area (Å²) < 4.78 is 0. The molecule has 1 aliphatic rings. The Bertz CT molecular complexity index is 491. The van der Waals surface area contributed by atoms with Crippen molar-refractivity contribution in [2.45, 2.75) is 26.2 Å². The molecular formula is C16H21N2O3-. The molecule has 114 valence electrons. The molecule has 1 amide bonds. The Hall–Kier alpha value is -2.04. The highest BCUT2D eigenvalue weighted by molar-refractivity contribution is 5.77. The maximum absolute atomic E-state index is 12.0. The number of benzene rings is 1. The molecular weight excluding hydrogens is 268 g/mol. The van der Waals surface area contributed by atoms with Gasteiger partial charge in [0, 0.05) is 44.3 Å². The molecule has 0 bridgehead atoms. The van der Waals surface area contributed by atoms with Gasteiger partial charge in [0.15, 0.2) is 0 Å². The van der Waals surface area contributed by atoms with Crippen LogP contribution in [0.4, 0.5) is 5.69 Å². The number of nitrogens with zero attached hydrogens (tertiary/aromatic N) is 2. The normalized spacial score (nSPS) is 15.1. The highest BCUT2D eigenvalue weighted by Crippen LogP contribution is 2.17. The number of carbonyl (C=O) groups is 2. The Morgan fingerprint density at radius 1 is 1.05 bits per heavy atom. The van der Waals surface area contributed by atoms with Crippen molar-refractivity contribution in [3.63, 3.8) is 0 Å². The van der Waals surface area contributed by atoms with E-state index in [9.17, 15) is 14.7 Å². The molecule has 5 heteroatoms. The molecule has 1 fully saturated rings. The molecule has 1 aromatic carbocycles. The topological polar surface area (TPSA) is 63.7 Å². The first kappa shape index (κ1) is 15.4. The minimum Gasteiger partial charge on any atom is -0.550 e. The zero-order valence-corrected chi connectivity index (χ0v) is 12.4. The third-order valence-corrected chi connectivity index (χ3v) is 3.80. The number of hydrogen-bond acceptors (Lipinski definition) is 4. The zero-order valence-electron chi connectivity index (χ0n) is 12.4. The molecule has 0 radical (unpaired) electrons. The second-order valence-corrected chi connectivity index (χ2v) is 5.43. The van der Waals surface area contributed by atoms with Crippen molar-refractivity contribution in [1.82, 2.24) is 4.90 Å². The SMILES string of the molecule is Cc1ccc(N2CCN(C(=O)CCCC(=O)[O-])CC2)cc1. The number of aryl methyl sites for hydroxylation is 1. The van der Waals surface area contributed by atoms with Crippen LogP contribution in [0.25, 0.3) is 0 Å². The van der Waals surface area contributed by atoms with Crippen molar-refractivity contribution in [3.8, 4) is 0 Å². The molecule has 1 aliphatic heterocycles. The van der Waals surface area contributed by atoms with Crippen LogP contribution in [-0.2, 0) is 9.59 Å². The van der Waals surface area contributed by atoms with Gasteiger partial charge in [0.1, 0.15) is 0 Å². The van der Waals surface area contributed by atoms with Gasteiger partial charge in [0.2, 0.25) is 5.91 Å². The van der Waals surface area contributed by atoms with Gasteiger partial charge in [-0.15, -0.1) is 0 Å². The van der Waals surface area contributed by atoms with Gasteiger partial charge >= 0.3 is 0 Å². The smallest absolute Gasteiger partial charge is 0.222 e. The van der Waals surface area contributed by atoms with E-state index in [0.29, 0.717) is 25.9 Å². The van der Waals surface area contributed by atoms with Crippen LogP contribution in [0.1, 0.15) is 24.8 Å². The molecule has 5 nitrogen and oxygen atoms in total. The van der Waals surface area contributed by atoms with E-state index in [4.69, 9.17) is 0 Å². The van der Waals surface area contributed by atoms with Gasteiger partial charge < -0.3 is 19.7 Å². The maximum atomic E-state index is 12.0. The monoisotopic (exact) mass is 289 g/mol. The van der Waals surface area contributed by atoms with E-state index in [1.165, 1.54) is 11.3 Å². The molecule has 1 heterocycles. The van der Waals surface area contributed by atoms with E-state index in [1.54, 1.807) is 0 Å². The predicted molar refractivity (Wildman–Crippen MR) is 78.8 cm³/mol. The lowest BCUT2D eigenvalue weighted by Gasteiger charge is -2.36. The number of anilines is 1. The van der Waals surface area contributed by atoms with Crippen LogP contribution in [0.2, 0.25) is 0 Å². The van der Waals surface area contributed by atoms with Crippen molar-refractivity contribution in [2.24, 2.45) is 0 Å². The van der Waals surface area contributed by atoms with Crippen molar-refractivity contribution in [1.29, 1.82) is 0 Å². The van der Waals surface area contributed by atoms with Crippen molar-refractivity contribution in [3.05, 3.63) is 29.8 Å². The van der Waals surface area contributed by atoms with Crippen LogP contribution >= 0.6 is 0 Å². The summed E-state index contributed by atoms with van der Waals surface area (Å²) in [5, 5.41) is 10.3. The van der Waals surface area contributed by atoms with Crippen molar-refractivity contribution >= 4 is 17.6 Å². The summed E-state index contributed by atoms with van der Waals surface area (Å²) in [5.41, 5.74) is 2.42. The van der Waals surface area contributed by atoms with Gasteiger partial charge in [-0.05, 0) is 31.9 Å². The van der Waals surface area contributed by atoms with E-state index in [-0.39, 0.29) is 12.3 Å². The Labute approximate surface area is 125 Å². The number of piperazine rings is 1. The molecule has 0 saturated carbocycles. The second kappa shape index (κ2) is 7.11. The van der Waals surface area contributed by atoms with Gasteiger partial charge in [-0.1, -0.05) is 17.7 Å². The number of carboxylic acid groups (broad SMARTS) is 1. The molecule has 0 unspecified atom stereocenters. The third kappa shape index (κ3) is 4.48.